The van der Waals surface area contributed by atoms with Crippen molar-refractivity contribution in [3.8, 4) is 22.9 Å². The zero-order valence-corrected chi connectivity index (χ0v) is 24.7. The van der Waals surface area contributed by atoms with Gasteiger partial charge in [0.05, 0.1) is 22.4 Å². The van der Waals surface area contributed by atoms with E-state index >= 15 is 0 Å². The number of ether oxygens (including phenoxy) is 1. The first-order chi connectivity index (χ1) is 19.7. The van der Waals surface area contributed by atoms with Crippen LogP contribution in [0.1, 0.15) is 31.7 Å². The zero-order valence-electron chi connectivity index (χ0n) is 23.0. The van der Waals surface area contributed by atoms with Crippen LogP contribution in [0.5, 0.6) is 11.6 Å². The van der Waals surface area contributed by atoms with Crippen LogP contribution in [-0.4, -0.2) is 42.5 Å². The molecule has 0 spiro atoms. The number of nitrogens with zero attached hydrogens (tertiary/aromatic N) is 3. The number of hydrogen-bond acceptors (Lipinski definition) is 8. The van der Waals surface area contributed by atoms with Crippen molar-refractivity contribution >= 4 is 44.8 Å². The molecule has 13 heteroatoms. The predicted molar refractivity (Wildman–Crippen MR) is 163 cm³/mol. The standard InChI is InChI=1S/C29H30F2N6O3S.ClH/c1-3-19(30)17-41(38,39)37-26-21-9-8-18(2)27(22(21)10-11-24(26)31)40-28-23(7-5-14-33-28)25-12-15-34-29(36-25)35-20-6-4-13-32-16-20;/h5,7-12,14-15,17,20,32,37H,3-4,6,13,16H2,1-2H3,(H,34,35,36);1H/b19-17-;/t20-;/m0./s1. The molecule has 0 saturated carbocycles. The Morgan fingerprint density at radius 3 is 2.71 bits per heavy atom. The Hall–Kier alpha value is -3.87. The van der Waals surface area contributed by atoms with Gasteiger partial charge in [-0.15, -0.1) is 12.4 Å². The topological polar surface area (TPSA) is 118 Å². The lowest BCUT2D eigenvalue weighted by Crippen LogP contribution is -2.38. The van der Waals surface area contributed by atoms with Crippen molar-refractivity contribution in [2.75, 3.05) is 23.1 Å². The lowest BCUT2D eigenvalue weighted by Gasteiger charge is -2.23. The fraction of sp³-hybridized carbons (Fsp3) is 0.276. The van der Waals surface area contributed by atoms with Crippen molar-refractivity contribution in [3.05, 3.63) is 77.5 Å². The number of fused-ring (bicyclic) bond motifs is 1. The number of halogens is 3. The van der Waals surface area contributed by atoms with Crippen molar-refractivity contribution in [1.82, 2.24) is 20.3 Å². The van der Waals surface area contributed by atoms with Gasteiger partial charge in [-0.25, -0.2) is 32.2 Å². The molecule has 1 fully saturated rings. The van der Waals surface area contributed by atoms with E-state index in [1.54, 1.807) is 36.7 Å². The van der Waals surface area contributed by atoms with Gasteiger partial charge in [0.15, 0.2) is 0 Å². The maximum Gasteiger partial charge on any atom is 0.257 e. The van der Waals surface area contributed by atoms with E-state index in [1.165, 1.54) is 13.0 Å². The molecule has 0 radical (unpaired) electrons. The van der Waals surface area contributed by atoms with Crippen LogP contribution in [-0.2, 0) is 10.0 Å². The molecule has 0 aliphatic carbocycles. The lowest BCUT2D eigenvalue weighted by atomic mass is 10.0. The maximum absolute atomic E-state index is 14.9. The largest absolute Gasteiger partial charge is 0.437 e. The van der Waals surface area contributed by atoms with Gasteiger partial charge in [-0.2, -0.15) is 0 Å². The number of nitrogens with one attached hydrogen (secondary N) is 3. The molecule has 3 N–H and O–H groups in total. The minimum atomic E-state index is -4.30. The molecule has 222 valence electrons. The second-order valence-electron chi connectivity index (χ2n) is 9.71. The molecule has 1 aliphatic heterocycles. The summed E-state index contributed by atoms with van der Waals surface area (Å²) in [6.07, 6.45) is 5.23. The molecule has 2 aromatic carbocycles. The van der Waals surface area contributed by atoms with Gasteiger partial charge in [-0.3, -0.25) is 4.72 Å². The molecule has 4 aromatic rings. The van der Waals surface area contributed by atoms with E-state index in [0.717, 1.165) is 32.0 Å². The van der Waals surface area contributed by atoms with E-state index < -0.39 is 21.7 Å². The molecule has 0 amide bonds. The number of piperidine rings is 1. The van der Waals surface area contributed by atoms with Crippen LogP contribution in [0.3, 0.4) is 0 Å². The molecule has 1 saturated heterocycles. The lowest BCUT2D eigenvalue weighted by molar-refractivity contribution is 0.466. The molecular formula is C29H31ClF2N6O3S. The monoisotopic (exact) mass is 616 g/mol. The second-order valence-corrected chi connectivity index (χ2v) is 11.2. The van der Waals surface area contributed by atoms with E-state index in [0.29, 0.717) is 39.3 Å². The van der Waals surface area contributed by atoms with Gasteiger partial charge in [-0.1, -0.05) is 19.1 Å². The Morgan fingerprint density at radius 2 is 1.95 bits per heavy atom. The first-order valence-corrected chi connectivity index (χ1v) is 14.8. The van der Waals surface area contributed by atoms with Crippen LogP contribution in [0.15, 0.2) is 66.1 Å². The molecule has 0 bridgehead atoms. The summed E-state index contributed by atoms with van der Waals surface area (Å²) in [7, 11) is -4.30. The van der Waals surface area contributed by atoms with E-state index in [4.69, 9.17) is 4.74 Å². The van der Waals surface area contributed by atoms with Crippen molar-refractivity contribution in [2.24, 2.45) is 0 Å². The second kappa shape index (κ2) is 13.4. The van der Waals surface area contributed by atoms with Crippen LogP contribution in [0.25, 0.3) is 22.0 Å². The summed E-state index contributed by atoms with van der Waals surface area (Å²) in [5, 5.41) is 7.87. The van der Waals surface area contributed by atoms with Crippen LogP contribution < -0.4 is 20.1 Å². The van der Waals surface area contributed by atoms with Crippen LogP contribution in [0, 0.1) is 12.7 Å². The SMILES string of the molecule is CC/C(F)=C/S(=O)(=O)Nc1c(F)ccc2c(Oc3ncccc3-c3ccnc(N[C@H]4CCCNC4)n3)c(C)ccc12.Cl. The Kier molecular flexibility index (Phi) is 9.92. The zero-order chi connectivity index (χ0) is 29.0. The Morgan fingerprint density at radius 1 is 1.14 bits per heavy atom. The van der Waals surface area contributed by atoms with Crippen LogP contribution in [0.4, 0.5) is 20.4 Å². The summed E-state index contributed by atoms with van der Waals surface area (Å²) in [5.41, 5.74) is 1.61. The number of hydrogen-bond donors (Lipinski definition) is 3. The van der Waals surface area contributed by atoms with E-state index in [9.17, 15) is 17.2 Å². The number of aromatic nitrogens is 3. The Balaban J connectivity index is 0.00000405. The molecule has 42 heavy (non-hydrogen) atoms. The highest BCUT2D eigenvalue weighted by Gasteiger charge is 2.20. The number of pyridine rings is 1. The average Bonchev–Trinajstić information content (AvgIpc) is 2.96. The summed E-state index contributed by atoms with van der Waals surface area (Å²) >= 11 is 0. The van der Waals surface area contributed by atoms with Gasteiger partial charge < -0.3 is 15.4 Å². The Bertz CT molecular complexity index is 1720. The third kappa shape index (κ3) is 7.12. The normalized spacial score (nSPS) is 15.6. The first kappa shape index (κ1) is 31.1. The molecule has 9 nitrogen and oxygen atoms in total. The predicted octanol–water partition coefficient (Wildman–Crippen LogP) is 6.48. The molecule has 0 unspecified atom stereocenters. The van der Waals surface area contributed by atoms with Crippen molar-refractivity contribution in [3.63, 3.8) is 0 Å². The molecule has 1 atom stereocenters. The third-order valence-corrected chi connectivity index (χ3v) is 7.75. The van der Waals surface area contributed by atoms with Gasteiger partial charge in [0, 0.05) is 35.8 Å². The minimum absolute atomic E-state index is 0. The molecule has 1 aliphatic rings. The molecule has 3 heterocycles. The van der Waals surface area contributed by atoms with Crippen LogP contribution in [0.2, 0.25) is 0 Å². The number of rotatable bonds is 9. The molecule has 2 aromatic heterocycles. The quantitative estimate of drug-likeness (QED) is 0.196. The van der Waals surface area contributed by atoms with E-state index in [2.05, 4.69) is 30.3 Å². The number of allylic oxidation sites excluding steroid dienone is 1. The smallest absolute Gasteiger partial charge is 0.257 e. The van der Waals surface area contributed by atoms with Gasteiger partial charge in [0.1, 0.15) is 17.4 Å². The number of anilines is 2. The Labute approximate surface area is 249 Å². The summed E-state index contributed by atoms with van der Waals surface area (Å²) in [5.74, 6) is -0.549. The van der Waals surface area contributed by atoms with E-state index in [1.807, 2.05) is 13.0 Å². The summed E-state index contributed by atoms with van der Waals surface area (Å²) in [6, 6.07) is 11.5. The third-order valence-electron chi connectivity index (χ3n) is 6.69. The summed E-state index contributed by atoms with van der Waals surface area (Å²) < 4.78 is 62.1. The van der Waals surface area contributed by atoms with Gasteiger partial charge in [0.2, 0.25) is 11.8 Å². The number of sulfonamides is 1. The maximum atomic E-state index is 14.9. The molecular weight excluding hydrogens is 586 g/mol. The summed E-state index contributed by atoms with van der Waals surface area (Å²) in [4.78, 5) is 13.5. The number of aryl methyl sites for hydroxylation is 1. The minimum Gasteiger partial charge on any atom is -0.437 e. The highest BCUT2D eigenvalue weighted by Crippen LogP contribution is 2.39. The first-order valence-electron chi connectivity index (χ1n) is 13.3. The fourth-order valence-corrected chi connectivity index (χ4v) is 5.68. The van der Waals surface area contributed by atoms with Gasteiger partial charge in [0.25, 0.3) is 10.0 Å². The average molecular weight is 617 g/mol. The van der Waals surface area contributed by atoms with Crippen molar-refractivity contribution < 1.29 is 21.9 Å². The fourth-order valence-electron chi connectivity index (χ4n) is 4.62. The highest BCUT2D eigenvalue weighted by molar-refractivity contribution is 7.95. The number of benzene rings is 2. The van der Waals surface area contributed by atoms with E-state index in [-0.39, 0.29) is 41.8 Å². The summed E-state index contributed by atoms with van der Waals surface area (Å²) in [6.45, 7) is 5.12. The molecule has 5 rings (SSSR count). The van der Waals surface area contributed by atoms with Crippen molar-refractivity contribution in [1.29, 1.82) is 0 Å². The van der Waals surface area contributed by atoms with Gasteiger partial charge in [-0.05, 0) is 68.6 Å². The van der Waals surface area contributed by atoms with Crippen molar-refractivity contribution in [2.45, 2.75) is 39.2 Å². The highest BCUT2D eigenvalue weighted by atomic mass is 35.5. The van der Waals surface area contributed by atoms with Crippen LogP contribution >= 0.6 is 12.4 Å². The van der Waals surface area contributed by atoms with Gasteiger partial charge >= 0.3 is 0 Å².